The van der Waals surface area contributed by atoms with Gasteiger partial charge in [0.25, 0.3) is 0 Å². The fraction of sp³-hybridized carbons (Fsp3) is 0.556. The Hall–Kier alpha value is -1.52. The van der Waals surface area contributed by atoms with Crippen molar-refractivity contribution in [2.75, 3.05) is 5.73 Å². The number of nitrogen functional groups attached to an aromatic ring is 1. The summed E-state index contributed by atoms with van der Waals surface area (Å²) in [7, 11) is 0. The minimum Gasteiger partial charge on any atom is -0.476 e. The summed E-state index contributed by atoms with van der Waals surface area (Å²) in [5.74, 6) is -0.139. The van der Waals surface area contributed by atoms with Gasteiger partial charge in [0.05, 0.1) is 0 Å². The van der Waals surface area contributed by atoms with E-state index in [4.69, 9.17) is 10.8 Å². The van der Waals surface area contributed by atoms with Crippen LogP contribution in [0.15, 0.2) is 0 Å². The van der Waals surface area contributed by atoms with Gasteiger partial charge in [0.2, 0.25) is 0 Å². The van der Waals surface area contributed by atoms with Crippen LogP contribution < -0.4 is 5.73 Å². The van der Waals surface area contributed by atoms with E-state index in [9.17, 15) is 4.79 Å². The molecule has 0 aliphatic heterocycles. The first-order chi connectivity index (χ1) is 6.65. The lowest BCUT2D eigenvalue weighted by Gasteiger charge is -1.99. The molecule has 1 aromatic heterocycles. The number of carboxylic acids is 1. The van der Waals surface area contributed by atoms with E-state index in [2.05, 4.69) is 5.10 Å². The van der Waals surface area contributed by atoms with Gasteiger partial charge in [0, 0.05) is 12.1 Å². The smallest absolute Gasteiger partial charge is 0.356 e. The number of nitrogens with two attached hydrogens (primary N) is 1. The fourth-order valence-corrected chi connectivity index (χ4v) is 1.66. The molecule has 0 amide bonds. The van der Waals surface area contributed by atoms with Crippen molar-refractivity contribution in [3.05, 3.63) is 11.3 Å². The summed E-state index contributed by atoms with van der Waals surface area (Å²) in [6.07, 6.45) is 2.06. The molecule has 5 heteroatoms. The van der Waals surface area contributed by atoms with Gasteiger partial charge in [-0.05, 0) is 25.7 Å². The number of nitrogens with zero attached hydrogens (tertiary/aromatic N) is 2. The zero-order valence-electron chi connectivity index (χ0n) is 8.03. The van der Waals surface area contributed by atoms with E-state index in [1.165, 1.54) is 0 Å². The molecule has 1 aliphatic carbocycles. The van der Waals surface area contributed by atoms with Crippen LogP contribution in [0.4, 0.5) is 5.82 Å². The van der Waals surface area contributed by atoms with Crippen LogP contribution in [0.2, 0.25) is 0 Å². The van der Waals surface area contributed by atoms with Gasteiger partial charge in [-0.3, -0.25) is 0 Å². The van der Waals surface area contributed by atoms with E-state index in [1.807, 2.05) is 6.92 Å². The number of hydrogen-bond acceptors (Lipinski definition) is 3. The Bertz CT molecular complexity index is 380. The third-order valence-corrected chi connectivity index (χ3v) is 2.52. The molecular weight excluding hydrogens is 182 g/mol. The molecule has 2 rings (SSSR count). The van der Waals surface area contributed by atoms with E-state index in [0.29, 0.717) is 18.3 Å². The highest BCUT2D eigenvalue weighted by molar-refractivity contribution is 5.89. The third-order valence-electron chi connectivity index (χ3n) is 2.52. The second-order valence-corrected chi connectivity index (χ2v) is 3.54. The normalized spacial score (nSPS) is 15.8. The van der Waals surface area contributed by atoms with Crippen LogP contribution in [0.5, 0.6) is 0 Å². The molecule has 1 saturated carbocycles. The number of rotatable bonds is 3. The summed E-state index contributed by atoms with van der Waals surface area (Å²) in [5.41, 5.74) is 6.70. The van der Waals surface area contributed by atoms with Crippen LogP contribution in [0.3, 0.4) is 0 Å². The number of anilines is 1. The second kappa shape index (κ2) is 3.01. The molecule has 3 N–H and O–H groups in total. The molecule has 76 valence electrons. The Morgan fingerprint density at radius 1 is 1.71 bits per heavy atom. The van der Waals surface area contributed by atoms with E-state index >= 15 is 0 Å². The summed E-state index contributed by atoms with van der Waals surface area (Å²) in [4.78, 5) is 10.9. The van der Waals surface area contributed by atoms with Crippen molar-refractivity contribution in [2.45, 2.75) is 32.2 Å². The first-order valence-electron chi connectivity index (χ1n) is 4.74. The molecule has 0 radical (unpaired) electrons. The van der Waals surface area contributed by atoms with Crippen LogP contribution in [-0.4, -0.2) is 20.9 Å². The molecule has 5 nitrogen and oxygen atoms in total. The molecule has 1 heterocycles. The summed E-state index contributed by atoms with van der Waals surface area (Å²) in [5, 5.41) is 12.9. The van der Waals surface area contributed by atoms with Crippen LogP contribution in [0.25, 0.3) is 0 Å². The van der Waals surface area contributed by atoms with Crippen molar-refractivity contribution in [3.63, 3.8) is 0 Å². The standard InChI is InChI=1S/C9H13N3O2/c1-2-12-8(10)6(5-3-4-5)7(11-12)9(13)14/h5H,2-4,10H2,1H3,(H,13,14). The van der Waals surface area contributed by atoms with Gasteiger partial charge < -0.3 is 10.8 Å². The quantitative estimate of drug-likeness (QED) is 0.755. The molecular formula is C9H13N3O2. The van der Waals surface area contributed by atoms with E-state index in [1.54, 1.807) is 4.68 Å². The first kappa shape index (κ1) is 9.05. The molecule has 0 saturated heterocycles. The van der Waals surface area contributed by atoms with Crippen LogP contribution in [-0.2, 0) is 6.54 Å². The van der Waals surface area contributed by atoms with Crippen molar-refractivity contribution >= 4 is 11.8 Å². The number of carbonyl (C=O) groups is 1. The molecule has 0 spiro atoms. The Kier molecular flexibility index (Phi) is 1.94. The zero-order valence-corrected chi connectivity index (χ0v) is 8.03. The van der Waals surface area contributed by atoms with Gasteiger partial charge in [-0.15, -0.1) is 0 Å². The van der Waals surface area contributed by atoms with Crippen molar-refractivity contribution in [1.29, 1.82) is 0 Å². The molecule has 0 bridgehead atoms. The SMILES string of the molecule is CCn1nc(C(=O)O)c(C2CC2)c1N. The average molecular weight is 195 g/mol. The largest absolute Gasteiger partial charge is 0.476 e. The van der Waals surface area contributed by atoms with Gasteiger partial charge in [-0.2, -0.15) is 5.10 Å². The van der Waals surface area contributed by atoms with Gasteiger partial charge in [-0.25, -0.2) is 9.48 Å². The van der Waals surface area contributed by atoms with Gasteiger partial charge in [-0.1, -0.05) is 0 Å². The maximum absolute atomic E-state index is 10.9. The lowest BCUT2D eigenvalue weighted by atomic mass is 10.1. The Morgan fingerprint density at radius 2 is 2.36 bits per heavy atom. The van der Waals surface area contributed by atoms with Crippen LogP contribution in [0, 0.1) is 0 Å². The van der Waals surface area contributed by atoms with Crippen LogP contribution in [0.1, 0.15) is 41.7 Å². The molecule has 14 heavy (non-hydrogen) atoms. The summed E-state index contributed by atoms with van der Waals surface area (Å²) in [6, 6.07) is 0. The predicted molar refractivity (Wildman–Crippen MR) is 51.2 cm³/mol. The molecule has 1 aliphatic rings. The third kappa shape index (κ3) is 1.25. The topological polar surface area (TPSA) is 81.1 Å². The number of aromatic carboxylic acids is 1. The van der Waals surface area contributed by atoms with Gasteiger partial charge in [0.15, 0.2) is 5.69 Å². The van der Waals surface area contributed by atoms with E-state index < -0.39 is 5.97 Å². The number of hydrogen-bond donors (Lipinski definition) is 2. The lowest BCUT2D eigenvalue weighted by molar-refractivity contribution is 0.0688. The van der Waals surface area contributed by atoms with Gasteiger partial charge >= 0.3 is 5.97 Å². The molecule has 0 unspecified atom stereocenters. The molecule has 1 fully saturated rings. The highest BCUT2D eigenvalue weighted by Gasteiger charge is 2.33. The van der Waals surface area contributed by atoms with E-state index in [-0.39, 0.29) is 5.69 Å². The number of aromatic nitrogens is 2. The summed E-state index contributed by atoms with van der Waals surface area (Å²) >= 11 is 0. The van der Waals surface area contributed by atoms with Crippen molar-refractivity contribution in [3.8, 4) is 0 Å². The maximum Gasteiger partial charge on any atom is 0.356 e. The van der Waals surface area contributed by atoms with Gasteiger partial charge in [0.1, 0.15) is 5.82 Å². The molecule has 1 aromatic rings. The average Bonchev–Trinajstić information content (AvgIpc) is 2.90. The monoisotopic (exact) mass is 195 g/mol. The Labute approximate surface area is 81.5 Å². The number of carboxylic acid groups (broad SMARTS) is 1. The minimum absolute atomic E-state index is 0.131. The van der Waals surface area contributed by atoms with Crippen molar-refractivity contribution < 1.29 is 9.90 Å². The Balaban J connectivity index is 2.51. The summed E-state index contributed by atoms with van der Waals surface area (Å²) in [6.45, 7) is 2.50. The lowest BCUT2D eigenvalue weighted by Crippen LogP contribution is -2.03. The summed E-state index contributed by atoms with van der Waals surface area (Å²) < 4.78 is 1.55. The highest BCUT2D eigenvalue weighted by atomic mass is 16.4. The van der Waals surface area contributed by atoms with E-state index in [0.717, 1.165) is 18.4 Å². The fourth-order valence-electron chi connectivity index (χ4n) is 1.66. The van der Waals surface area contributed by atoms with Crippen molar-refractivity contribution in [1.82, 2.24) is 9.78 Å². The molecule has 0 aromatic carbocycles. The second-order valence-electron chi connectivity index (χ2n) is 3.54. The number of aryl methyl sites for hydroxylation is 1. The first-order valence-corrected chi connectivity index (χ1v) is 4.74. The van der Waals surface area contributed by atoms with Crippen molar-refractivity contribution in [2.24, 2.45) is 0 Å². The maximum atomic E-state index is 10.9. The Morgan fingerprint density at radius 3 is 2.79 bits per heavy atom. The van der Waals surface area contributed by atoms with Crippen LogP contribution >= 0.6 is 0 Å². The highest BCUT2D eigenvalue weighted by Crippen LogP contribution is 2.44. The minimum atomic E-state index is -0.981. The zero-order chi connectivity index (χ0) is 10.3. The predicted octanol–water partition coefficient (Wildman–Crippen LogP) is 1.06. The molecule has 0 atom stereocenters.